The van der Waals surface area contributed by atoms with Crippen LogP contribution in [-0.2, 0) is 32.1 Å². The van der Waals surface area contributed by atoms with Gasteiger partial charge in [0.25, 0.3) is 0 Å². The molecule has 1 aromatic heterocycles. The van der Waals surface area contributed by atoms with Gasteiger partial charge in [-0.05, 0) is 94.5 Å². The highest BCUT2D eigenvalue weighted by Gasteiger charge is 2.11. The molecule has 0 N–H and O–H groups in total. The van der Waals surface area contributed by atoms with E-state index in [1.165, 1.54) is 55.3 Å². The maximum absolute atomic E-state index is 4.84. The van der Waals surface area contributed by atoms with Crippen molar-refractivity contribution in [2.45, 2.75) is 46.0 Å². The number of aromatic nitrogens is 1. The highest BCUT2D eigenvalue weighted by atomic mass is 14.7. The van der Waals surface area contributed by atoms with Crippen LogP contribution in [0.25, 0.3) is 33.2 Å². The molecule has 0 radical (unpaired) electrons. The lowest BCUT2D eigenvalue weighted by molar-refractivity contribution is 0.648. The minimum atomic E-state index is 0.652. The molecule has 4 aromatic carbocycles. The van der Waals surface area contributed by atoms with Crippen molar-refractivity contribution >= 4 is 10.8 Å². The van der Waals surface area contributed by atoms with Gasteiger partial charge in [-0.2, -0.15) is 0 Å². The van der Waals surface area contributed by atoms with Gasteiger partial charge in [-0.15, -0.1) is 0 Å². The monoisotopic (exact) mass is 467 g/mol. The fourth-order valence-electron chi connectivity index (χ4n) is 5.50. The number of pyridine rings is 1. The summed E-state index contributed by atoms with van der Waals surface area (Å²) in [5, 5.41) is 2.47. The molecular formula is C35H33N. The summed E-state index contributed by atoms with van der Waals surface area (Å²) in [7, 11) is 0. The number of fused-ring (bicyclic) bond motifs is 1. The number of benzene rings is 4. The lowest BCUT2D eigenvalue weighted by Gasteiger charge is -2.15. The molecule has 1 nitrogen and oxygen atoms in total. The van der Waals surface area contributed by atoms with Crippen LogP contribution in [0.2, 0.25) is 0 Å². The highest BCUT2D eigenvalue weighted by molar-refractivity contribution is 5.86. The molecule has 9 rings (SSSR count). The summed E-state index contributed by atoms with van der Waals surface area (Å²) < 4.78 is 0. The molecule has 4 aliphatic carbocycles. The molecule has 1 heterocycles. The van der Waals surface area contributed by atoms with Crippen LogP contribution in [0.3, 0.4) is 0 Å². The Balaban J connectivity index is 1.37. The summed E-state index contributed by atoms with van der Waals surface area (Å²) in [4.78, 5) is 4.84. The van der Waals surface area contributed by atoms with E-state index in [0.717, 1.165) is 37.8 Å². The predicted octanol–water partition coefficient (Wildman–Crippen LogP) is 8.65. The molecule has 0 unspecified atom stereocenters. The fraction of sp³-hybridized carbons (Fsp3) is 0.229. The summed E-state index contributed by atoms with van der Waals surface area (Å²) >= 11 is 0. The van der Waals surface area contributed by atoms with Gasteiger partial charge in [-0.1, -0.05) is 92.7 Å². The van der Waals surface area contributed by atoms with Crippen LogP contribution in [0, 0.1) is 5.92 Å². The van der Waals surface area contributed by atoms with Crippen LogP contribution in [0.4, 0.5) is 0 Å². The SMILES string of the molecule is CC(C)Cc1ccc2cnc(-c3cccc(-c4cc5ccc4CCc4ccc(cc4)CC5)c3)cc2c1. The lowest BCUT2D eigenvalue weighted by atomic mass is 9.90. The molecule has 0 amide bonds. The third-order valence-corrected chi connectivity index (χ3v) is 7.48. The van der Waals surface area contributed by atoms with E-state index in [1.807, 2.05) is 6.20 Å². The Morgan fingerprint density at radius 3 is 2.17 bits per heavy atom. The zero-order chi connectivity index (χ0) is 24.5. The first-order valence-electron chi connectivity index (χ1n) is 13.3. The van der Waals surface area contributed by atoms with E-state index < -0.39 is 0 Å². The van der Waals surface area contributed by atoms with E-state index in [2.05, 4.69) is 105 Å². The topological polar surface area (TPSA) is 12.9 Å². The van der Waals surface area contributed by atoms with Gasteiger partial charge in [0, 0.05) is 17.1 Å². The zero-order valence-electron chi connectivity index (χ0n) is 21.3. The van der Waals surface area contributed by atoms with Gasteiger partial charge in [0.05, 0.1) is 5.69 Å². The summed E-state index contributed by atoms with van der Waals surface area (Å²) in [5.41, 5.74) is 11.9. The normalized spacial score (nSPS) is 13.2. The van der Waals surface area contributed by atoms with Gasteiger partial charge >= 0.3 is 0 Å². The van der Waals surface area contributed by atoms with Crippen molar-refractivity contribution in [2.24, 2.45) is 5.92 Å². The number of nitrogens with zero attached hydrogens (tertiary/aromatic N) is 1. The summed E-state index contributed by atoms with van der Waals surface area (Å²) in [6, 6.07) is 34.3. The average molecular weight is 468 g/mol. The summed E-state index contributed by atoms with van der Waals surface area (Å²) in [6.07, 6.45) is 7.39. The number of rotatable bonds is 4. The van der Waals surface area contributed by atoms with E-state index in [-0.39, 0.29) is 0 Å². The quantitative estimate of drug-likeness (QED) is 0.258. The van der Waals surface area contributed by atoms with Crippen molar-refractivity contribution < 1.29 is 0 Å². The van der Waals surface area contributed by atoms with Crippen molar-refractivity contribution in [1.29, 1.82) is 0 Å². The fourth-order valence-corrected chi connectivity index (χ4v) is 5.50. The molecular weight excluding hydrogens is 434 g/mol. The van der Waals surface area contributed by atoms with Crippen LogP contribution >= 0.6 is 0 Å². The Kier molecular flexibility index (Phi) is 6.15. The second-order valence-corrected chi connectivity index (χ2v) is 10.7. The maximum atomic E-state index is 4.84. The largest absolute Gasteiger partial charge is 0.256 e. The van der Waals surface area contributed by atoms with Crippen LogP contribution in [0.15, 0.2) is 97.2 Å². The maximum Gasteiger partial charge on any atom is 0.0708 e. The zero-order valence-corrected chi connectivity index (χ0v) is 21.3. The van der Waals surface area contributed by atoms with Crippen LogP contribution in [0.5, 0.6) is 0 Å². The first kappa shape index (κ1) is 22.7. The van der Waals surface area contributed by atoms with Gasteiger partial charge in [0.1, 0.15) is 0 Å². The minimum absolute atomic E-state index is 0.652. The van der Waals surface area contributed by atoms with E-state index in [9.17, 15) is 0 Å². The second kappa shape index (κ2) is 9.74. The third-order valence-electron chi connectivity index (χ3n) is 7.48. The van der Waals surface area contributed by atoms with E-state index in [1.54, 1.807) is 0 Å². The van der Waals surface area contributed by atoms with Crippen molar-refractivity contribution in [3.63, 3.8) is 0 Å². The van der Waals surface area contributed by atoms with Gasteiger partial charge in [0.2, 0.25) is 0 Å². The second-order valence-electron chi connectivity index (χ2n) is 10.7. The Hall–Kier alpha value is -3.71. The average Bonchev–Trinajstić information content (AvgIpc) is 2.89. The van der Waals surface area contributed by atoms with Crippen LogP contribution < -0.4 is 0 Å². The predicted molar refractivity (Wildman–Crippen MR) is 152 cm³/mol. The van der Waals surface area contributed by atoms with Crippen molar-refractivity contribution in [3.8, 4) is 22.4 Å². The standard InChI is InChI=1S/C35H33N/c1-24(2)18-28-14-17-32-23-36-35(22-33(32)19-28)31-5-3-4-30(21-31)34-20-27-11-10-25-6-8-26(9-7-25)12-15-29(34)16-13-27/h3-9,13-14,16-17,19-24H,10-12,15,18H2,1-2H3. The molecule has 4 aliphatic rings. The minimum Gasteiger partial charge on any atom is -0.256 e. The third kappa shape index (κ3) is 4.84. The first-order chi connectivity index (χ1) is 17.6. The molecule has 5 aromatic rings. The molecule has 0 aliphatic heterocycles. The summed E-state index contributed by atoms with van der Waals surface area (Å²) in [6.45, 7) is 4.55. The van der Waals surface area contributed by atoms with Crippen LogP contribution in [-0.4, -0.2) is 4.98 Å². The molecule has 4 bridgehead atoms. The van der Waals surface area contributed by atoms with Gasteiger partial charge < -0.3 is 0 Å². The Morgan fingerprint density at radius 2 is 1.36 bits per heavy atom. The highest BCUT2D eigenvalue weighted by Crippen LogP contribution is 2.32. The van der Waals surface area contributed by atoms with Crippen LogP contribution in [0.1, 0.15) is 41.7 Å². The smallest absolute Gasteiger partial charge is 0.0708 e. The van der Waals surface area contributed by atoms with E-state index in [4.69, 9.17) is 4.98 Å². The van der Waals surface area contributed by atoms with E-state index >= 15 is 0 Å². The van der Waals surface area contributed by atoms with Gasteiger partial charge in [0.15, 0.2) is 0 Å². The molecule has 0 atom stereocenters. The Bertz CT molecular complexity index is 1520. The van der Waals surface area contributed by atoms with Crippen molar-refractivity contribution in [3.05, 3.63) is 125 Å². The van der Waals surface area contributed by atoms with Gasteiger partial charge in [-0.3, -0.25) is 4.98 Å². The Labute approximate surface area is 214 Å². The van der Waals surface area contributed by atoms with E-state index in [0.29, 0.717) is 5.92 Å². The molecule has 36 heavy (non-hydrogen) atoms. The van der Waals surface area contributed by atoms with Gasteiger partial charge in [-0.25, -0.2) is 0 Å². The number of hydrogen-bond acceptors (Lipinski definition) is 1. The number of aryl methyl sites for hydroxylation is 4. The molecule has 1 heteroatoms. The number of hydrogen-bond donors (Lipinski definition) is 0. The van der Waals surface area contributed by atoms with Crippen molar-refractivity contribution in [1.82, 2.24) is 4.98 Å². The Morgan fingerprint density at radius 1 is 0.639 bits per heavy atom. The molecule has 0 saturated heterocycles. The van der Waals surface area contributed by atoms with Crippen molar-refractivity contribution in [2.75, 3.05) is 0 Å². The first-order valence-corrected chi connectivity index (χ1v) is 13.3. The molecule has 0 saturated carbocycles. The molecule has 0 spiro atoms. The summed E-state index contributed by atoms with van der Waals surface area (Å²) in [5.74, 6) is 0.652. The molecule has 0 fully saturated rings. The molecule has 178 valence electrons. The lowest BCUT2D eigenvalue weighted by Crippen LogP contribution is -2.00.